The van der Waals surface area contributed by atoms with Crippen LogP contribution in [0.1, 0.15) is 68.6 Å². The maximum absolute atomic E-state index is 14.7. The smallest absolute Gasteiger partial charge is 0.340 e. The van der Waals surface area contributed by atoms with Gasteiger partial charge in [0, 0.05) is 36.8 Å². The molecule has 55 heavy (non-hydrogen) atoms. The number of carbonyl (C=O) groups is 2. The average molecular weight is 742 g/mol. The number of carbonyl (C=O) groups excluding carboxylic acids is 2. The Hall–Kier alpha value is -4.76. The summed E-state index contributed by atoms with van der Waals surface area (Å²) < 4.78 is 12.6. The summed E-state index contributed by atoms with van der Waals surface area (Å²) in [6, 6.07) is 24.2. The minimum Gasteiger partial charge on any atom is -0.508 e. The van der Waals surface area contributed by atoms with E-state index in [-0.39, 0.29) is 60.5 Å². The average Bonchev–Trinajstić information content (AvgIpc) is 3.69. The fourth-order valence-corrected chi connectivity index (χ4v) is 10.5. The van der Waals surface area contributed by atoms with E-state index in [2.05, 4.69) is 48.6 Å². The van der Waals surface area contributed by atoms with Crippen molar-refractivity contribution in [3.63, 3.8) is 0 Å². The Kier molecular flexibility index (Phi) is 10.4. The van der Waals surface area contributed by atoms with Gasteiger partial charge in [0.1, 0.15) is 17.3 Å². The standard InChI is InChI=1S/C47H51NO7/c1-3-28(22-29-8-5-4-6-9-29)24-40-47-20-18-35(36-15-16-37-39(17-12-30(27-50)19-21-49)54-45(52)42(37)43(36)47)41(44(47)46(53)55-40)38-25-33(51)13-14-34(38)32-11-7-10-31(23-32)26-48-2/h4-11,13-14,17,23-25,28,30,35-36,43,48-51H,3,12,15-16,18-22,26-27H2,1-2H3/b39-17?,40-24-/t28-,30-,35+,36-,43+,47+/m0/s1. The number of allylic oxidation sites excluding steroid dienone is 5. The highest BCUT2D eigenvalue weighted by Crippen LogP contribution is 2.72. The molecule has 8 nitrogen and oxygen atoms in total. The Balaban J connectivity index is 1.33. The lowest BCUT2D eigenvalue weighted by Gasteiger charge is -2.56. The number of benzene rings is 3. The van der Waals surface area contributed by atoms with Crippen LogP contribution in [0.3, 0.4) is 0 Å². The molecule has 1 spiro atoms. The molecule has 8 heteroatoms. The third kappa shape index (κ3) is 6.48. The summed E-state index contributed by atoms with van der Waals surface area (Å²) in [6.45, 7) is 2.77. The zero-order chi connectivity index (χ0) is 38.3. The first-order chi connectivity index (χ1) is 26.8. The van der Waals surface area contributed by atoms with E-state index < -0.39 is 5.41 Å². The predicted molar refractivity (Wildman–Crippen MR) is 211 cm³/mol. The van der Waals surface area contributed by atoms with Gasteiger partial charge in [-0.2, -0.15) is 0 Å². The third-order valence-electron chi connectivity index (χ3n) is 12.9. The summed E-state index contributed by atoms with van der Waals surface area (Å²) >= 11 is 0. The lowest BCUT2D eigenvalue weighted by molar-refractivity contribution is -0.135. The molecule has 2 heterocycles. The number of hydrogen-bond acceptors (Lipinski definition) is 8. The molecule has 286 valence electrons. The number of rotatable bonds is 13. The molecule has 4 N–H and O–H groups in total. The number of fused-ring (bicyclic) bond motifs is 1. The highest BCUT2D eigenvalue weighted by atomic mass is 16.5. The Bertz CT molecular complexity index is 2110. The van der Waals surface area contributed by atoms with Crippen LogP contribution in [0.2, 0.25) is 0 Å². The summed E-state index contributed by atoms with van der Waals surface area (Å²) in [6.07, 6.45) is 9.59. The molecule has 9 rings (SSSR count). The molecule has 0 amide bonds. The second-order valence-corrected chi connectivity index (χ2v) is 16.0. The minimum absolute atomic E-state index is 0.0261. The zero-order valence-electron chi connectivity index (χ0n) is 31.7. The first-order valence-electron chi connectivity index (χ1n) is 20.0. The summed E-state index contributed by atoms with van der Waals surface area (Å²) in [5.41, 5.74) is 7.34. The Morgan fingerprint density at radius 3 is 2.51 bits per heavy atom. The van der Waals surface area contributed by atoms with Gasteiger partial charge in [0.05, 0.1) is 11.0 Å². The number of hydrogen-bond donors (Lipinski definition) is 4. The van der Waals surface area contributed by atoms with E-state index in [4.69, 9.17) is 9.47 Å². The highest BCUT2D eigenvalue weighted by molar-refractivity contribution is 6.07. The first-order valence-corrected chi connectivity index (χ1v) is 20.0. The summed E-state index contributed by atoms with van der Waals surface area (Å²) in [7, 11) is 1.92. The van der Waals surface area contributed by atoms with Gasteiger partial charge < -0.3 is 30.1 Å². The third-order valence-corrected chi connectivity index (χ3v) is 12.9. The van der Waals surface area contributed by atoms with Gasteiger partial charge in [0.25, 0.3) is 0 Å². The Labute approximate surface area is 323 Å². The Morgan fingerprint density at radius 1 is 0.927 bits per heavy atom. The van der Waals surface area contributed by atoms with Crippen molar-refractivity contribution < 1.29 is 34.4 Å². The second-order valence-electron chi connectivity index (χ2n) is 16.0. The second kappa shape index (κ2) is 15.4. The van der Waals surface area contributed by atoms with Crippen LogP contribution in [-0.4, -0.2) is 47.5 Å². The number of ether oxygens (including phenoxy) is 2. The van der Waals surface area contributed by atoms with Gasteiger partial charge in [-0.25, -0.2) is 9.59 Å². The van der Waals surface area contributed by atoms with Crippen LogP contribution in [-0.2, 0) is 32.0 Å². The van der Waals surface area contributed by atoms with Crippen LogP contribution in [0.5, 0.6) is 5.75 Å². The van der Waals surface area contributed by atoms with Crippen molar-refractivity contribution in [3.05, 3.63) is 130 Å². The van der Waals surface area contributed by atoms with Crippen molar-refractivity contribution in [2.45, 2.75) is 64.8 Å². The van der Waals surface area contributed by atoms with Gasteiger partial charge in [-0.3, -0.25) is 0 Å². The van der Waals surface area contributed by atoms with Crippen molar-refractivity contribution in [1.29, 1.82) is 0 Å². The highest BCUT2D eigenvalue weighted by Gasteiger charge is 2.68. The van der Waals surface area contributed by atoms with Gasteiger partial charge in [-0.05, 0) is 146 Å². The number of aliphatic hydroxyl groups is 2. The number of aromatic hydroxyl groups is 1. The number of cyclic esters (lactones) is 2. The van der Waals surface area contributed by atoms with Gasteiger partial charge >= 0.3 is 11.9 Å². The minimum atomic E-state index is -0.882. The molecule has 0 radical (unpaired) electrons. The van der Waals surface area contributed by atoms with Crippen molar-refractivity contribution in [2.24, 2.45) is 35.0 Å². The molecule has 3 aromatic carbocycles. The van der Waals surface area contributed by atoms with Crippen LogP contribution in [0, 0.1) is 35.0 Å². The van der Waals surface area contributed by atoms with Crippen molar-refractivity contribution in [2.75, 3.05) is 20.3 Å². The molecule has 4 aliphatic carbocycles. The van der Waals surface area contributed by atoms with Gasteiger partial charge in [0.15, 0.2) is 0 Å². The van der Waals surface area contributed by atoms with Crippen LogP contribution in [0.4, 0.5) is 0 Å². The molecule has 2 aliphatic heterocycles. The largest absolute Gasteiger partial charge is 0.508 e. The van der Waals surface area contributed by atoms with Gasteiger partial charge in [-0.15, -0.1) is 0 Å². The first kappa shape index (κ1) is 37.2. The van der Waals surface area contributed by atoms with Gasteiger partial charge in [-0.1, -0.05) is 61.5 Å². The number of phenolic OH excluding ortho intramolecular Hbond substituents is 1. The maximum Gasteiger partial charge on any atom is 0.340 e. The molecule has 2 fully saturated rings. The zero-order valence-corrected chi connectivity index (χ0v) is 31.7. The number of nitrogens with one attached hydrogen (secondary N) is 1. The van der Waals surface area contributed by atoms with Crippen molar-refractivity contribution >= 4 is 17.5 Å². The molecule has 6 aliphatic rings. The fourth-order valence-electron chi connectivity index (χ4n) is 10.5. The topological polar surface area (TPSA) is 125 Å². The van der Waals surface area contributed by atoms with E-state index >= 15 is 0 Å². The van der Waals surface area contributed by atoms with Crippen LogP contribution in [0.15, 0.2) is 113 Å². The SMILES string of the molecule is CC[C@H](/C=C1\OC(=O)C2=C(c3cc(O)ccc3-c3cccc(CNC)c3)[C@@H]3CC[C@@]21[C@H]1C2=C(CC[C@@H]31)C(=CC[C@H](CO)CCO)OC2=O)Cc1ccccc1. The van der Waals surface area contributed by atoms with Crippen LogP contribution >= 0.6 is 0 Å². The molecule has 0 unspecified atom stereocenters. The van der Waals surface area contributed by atoms with Crippen molar-refractivity contribution in [1.82, 2.24) is 5.32 Å². The van der Waals surface area contributed by atoms with Crippen LogP contribution < -0.4 is 5.32 Å². The number of aliphatic hydroxyl groups excluding tert-OH is 2. The molecule has 2 bridgehead atoms. The summed E-state index contributed by atoms with van der Waals surface area (Å²) in [5.74, 6) is 0.211. The van der Waals surface area contributed by atoms with E-state index in [0.29, 0.717) is 54.9 Å². The maximum atomic E-state index is 14.7. The summed E-state index contributed by atoms with van der Waals surface area (Å²) in [5, 5.41) is 33.7. The normalized spacial score (nSPS) is 26.6. The number of phenols is 1. The molecular weight excluding hydrogens is 691 g/mol. The van der Waals surface area contributed by atoms with E-state index in [1.165, 1.54) is 5.56 Å². The molecular formula is C47H51NO7. The summed E-state index contributed by atoms with van der Waals surface area (Å²) in [4.78, 5) is 28.9. The van der Waals surface area contributed by atoms with Crippen LogP contribution in [0.25, 0.3) is 16.7 Å². The molecule has 6 atom stereocenters. The van der Waals surface area contributed by atoms with E-state index in [0.717, 1.165) is 59.1 Å². The molecule has 1 saturated carbocycles. The predicted octanol–water partition coefficient (Wildman–Crippen LogP) is 7.80. The lowest BCUT2D eigenvalue weighted by atomic mass is 9.44. The molecule has 3 aromatic rings. The lowest BCUT2D eigenvalue weighted by Crippen LogP contribution is -2.52. The molecule has 0 aromatic heterocycles. The fraction of sp³-hybridized carbons (Fsp3) is 0.404. The Morgan fingerprint density at radius 2 is 1.75 bits per heavy atom. The number of esters is 2. The van der Waals surface area contributed by atoms with Crippen molar-refractivity contribution in [3.8, 4) is 16.9 Å². The van der Waals surface area contributed by atoms with E-state index in [1.807, 2.05) is 49.5 Å². The van der Waals surface area contributed by atoms with E-state index in [9.17, 15) is 24.9 Å². The van der Waals surface area contributed by atoms with Gasteiger partial charge in [0.2, 0.25) is 0 Å². The quantitative estimate of drug-likeness (QED) is 0.131. The van der Waals surface area contributed by atoms with E-state index in [1.54, 1.807) is 6.07 Å². The monoisotopic (exact) mass is 741 g/mol. The molecule has 1 saturated heterocycles.